The second kappa shape index (κ2) is 12.2. The van der Waals surface area contributed by atoms with Crippen molar-refractivity contribution in [3.05, 3.63) is 60.2 Å². The molecule has 4 atom stereocenters. The molecule has 0 radical (unpaired) electrons. The number of carboxylic acids is 1. The maximum atomic E-state index is 13.4. The minimum atomic E-state index is -2.12. The van der Waals surface area contributed by atoms with E-state index in [-0.39, 0.29) is 18.0 Å². The van der Waals surface area contributed by atoms with E-state index in [0.717, 1.165) is 5.56 Å². The number of aromatic nitrogens is 2. The summed E-state index contributed by atoms with van der Waals surface area (Å²) in [5.41, 5.74) is 0.811. The van der Waals surface area contributed by atoms with Gasteiger partial charge in [-0.1, -0.05) is 44.2 Å². The van der Waals surface area contributed by atoms with Crippen LogP contribution < -0.4 is 10.6 Å². The Bertz CT molecular complexity index is 1070. The molecule has 36 heavy (non-hydrogen) atoms. The van der Waals surface area contributed by atoms with Crippen LogP contribution in [0.1, 0.15) is 36.3 Å². The molecule has 1 aliphatic rings. The molecule has 2 aromatic rings. The molecule has 0 spiro atoms. The number of benzene rings is 1. The molecule has 12 nitrogen and oxygen atoms in total. The summed E-state index contributed by atoms with van der Waals surface area (Å²) in [5.74, 6) is -4.73. The molecule has 3 rings (SSSR count). The zero-order valence-electron chi connectivity index (χ0n) is 19.7. The predicted octanol–water partition coefficient (Wildman–Crippen LogP) is -0.236. The fraction of sp³-hybridized carbons (Fsp3) is 0.391. The number of hydrogen-bond acceptors (Lipinski definition) is 9. The van der Waals surface area contributed by atoms with Gasteiger partial charge in [0.1, 0.15) is 11.7 Å². The van der Waals surface area contributed by atoms with Crippen LogP contribution in [0.3, 0.4) is 0 Å². The number of hydrogen-bond donors (Lipinski definition) is 4. The van der Waals surface area contributed by atoms with Gasteiger partial charge >= 0.3 is 19.1 Å². The monoisotopic (exact) mass is 498 g/mol. The van der Waals surface area contributed by atoms with Crippen molar-refractivity contribution in [1.82, 2.24) is 20.6 Å². The fourth-order valence-corrected chi connectivity index (χ4v) is 3.66. The van der Waals surface area contributed by atoms with Crippen LogP contribution in [0.4, 0.5) is 0 Å². The van der Waals surface area contributed by atoms with Crippen molar-refractivity contribution in [2.24, 2.45) is 5.92 Å². The van der Waals surface area contributed by atoms with Crippen molar-refractivity contribution in [2.75, 3.05) is 0 Å². The van der Waals surface area contributed by atoms with Gasteiger partial charge in [-0.05, 0) is 17.9 Å². The quantitative estimate of drug-likeness (QED) is 0.303. The van der Waals surface area contributed by atoms with E-state index in [1.807, 2.05) is 19.9 Å². The van der Waals surface area contributed by atoms with E-state index in [4.69, 9.17) is 14.4 Å². The van der Waals surface area contributed by atoms with Gasteiger partial charge in [-0.15, -0.1) is 0 Å². The largest absolute Gasteiger partial charge is 0.552 e. The Hall–Kier alpha value is -3.84. The zero-order chi connectivity index (χ0) is 26.2. The number of nitrogens with one attached hydrogen (secondary N) is 2. The van der Waals surface area contributed by atoms with Crippen molar-refractivity contribution >= 4 is 30.9 Å². The molecule has 0 saturated carbocycles. The van der Waals surface area contributed by atoms with E-state index in [0.29, 0.717) is 6.42 Å². The third-order valence-electron chi connectivity index (χ3n) is 5.37. The topological polar surface area (TPSA) is 177 Å². The highest BCUT2D eigenvalue weighted by Gasteiger charge is 2.50. The molecule has 1 saturated heterocycles. The van der Waals surface area contributed by atoms with Crippen LogP contribution in [0.25, 0.3) is 0 Å². The van der Waals surface area contributed by atoms with Crippen molar-refractivity contribution in [2.45, 2.75) is 50.9 Å². The van der Waals surface area contributed by atoms with Crippen LogP contribution in [0.2, 0.25) is 0 Å². The van der Waals surface area contributed by atoms with Crippen LogP contribution in [-0.4, -0.2) is 75.2 Å². The van der Waals surface area contributed by atoms with E-state index in [1.165, 1.54) is 18.6 Å². The van der Waals surface area contributed by atoms with Gasteiger partial charge in [-0.3, -0.25) is 19.4 Å². The van der Waals surface area contributed by atoms with Gasteiger partial charge in [0.15, 0.2) is 12.2 Å². The fourth-order valence-electron chi connectivity index (χ4n) is 3.66. The Labute approximate surface area is 207 Å². The van der Waals surface area contributed by atoms with E-state index >= 15 is 0 Å². The first-order valence-electron chi connectivity index (χ1n) is 11.3. The van der Waals surface area contributed by atoms with Gasteiger partial charge in [0.2, 0.25) is 5.91 Å². The lowest BCUT2D eigenvalue weighted by atomic mass is 9.74. The number of aliphatic hydroxyl groups excluding tert-OH is 1. The normalized spacial score (nSPS) is 17.7. The highest BCUT2D eigenvalue weighted by molar-refractivity contribution is 6.51. The first-order valence-corrected chi connectivity index (χ1v) is 11.3. The number of carbonyl (C=O) groups excluding carboxylic acids is 3. The summed E-state index contributed by atoms with van der Waals surface area (Å²) >= 11 is 0. The van der Waals surface area contributed by atoms with Gasteiger partial charge < -0.3 is 30.2 Å². The smallest absolute Gasteiger partial charge is 0.506 e. The van der Waals surface area contributed by atoms with E-state index < -0.39 is 55.1 Å². The number of carbonyl (C=O) groups is 4. The van der Waals surface area contributed by atoms with Gasteiger partial charge in [-0.2, -0.15) is 0 Å². The van der Waals surface area contributed by atoms with Crippen molar-refractivity contribution in [1.29, 1.82) is 0 Å². The summed E-state index contributed by atoms with van der Waals surface area (Å²) in [5, 5.41) is 24.2. The Morgan fingerprint density at radius 1 is 1.14 bits per heavy atom. The summed E-state index contributed by atoms with van der Waals surface area (Å²) < 4.78 is 10.5. The van der Waals surface area contributed by atoms with E-state index in [1.54, 1.807) is 24.3 Å². The van der Waals surface area contributed by atoms with Gasteiger partial charge in [0.05, 0.1) is 12.1 Å². The SMILES string of the molecule is CC(C)C[C@H](NC(=O)C(Cc1ccccc1)NC(=O)c1cnccn1)B1OC(=O)C([C@H](O)C(=O)O)O1. The molecular formula is C23H27BN4O8. The van der Waals surface area contributed by atoms with Crippen LogP contribution in [0.5, 0.6) is 0 Å². The minimum Gasteiger partial charge on any atom is -0.506 e. The van der Waals surface area contributed by atoms with Gasteiger partial charge in [-0.25, -0.2) is 9.78 Å². The molecule has 1 fully saturated rings. The van der Waals surface area contributed by atoms with Crippen LogP contribution >= 0.6 is 0 Å². The highest BCUT2D eigenvalue weighted by atomic mass is 16.7. The predicted molar refractivity (Wildman–Crippen MR) is 125 cm³/mol. The molecule has 2 unspecified atom stereocenters. The average molecular weight is 498 g/mol. The summed E-state index contributed by atoms with van der Waals surface area (Å²) in [7, 11) is -1.32. The van der Waals surface area contributed by atoms with Gasteiger partial charge in [0.25, 0.3) is 5.91 Å². The molecule has 1 aromatic heterocycles. The molecule has 13 heteroatoms. The average Bonchev–Trinajstić information content (AvgIpc) is 3.24. The van der Waals surface area contributed by atoms with Crippen LogP contribution in [-0.2, 0) is 30.1 Å². The summed E-state index contributed by atoms with van der Waals surface area (Å²) in [6.07, 6.45) is 0.653. The van der Waals surface area contributed by atoms with Crippen LogP contribution in [0, 0.1) is 5.92 Å². The molecule has 1 aromatic carbocycles. The summed E-state index contributed by atoms with van der Waals surface area (Å²) in [4.78, 5) is 57.1. The molecule has 2 amide bonds. The minimum absolute atomic E-state index is 0.0165. The zero-order valence-corrected chi connectivity index (χ0v) is 19.7. The van der Waals surface area contributed by atoms with E-state index in [2.05, 4.69) is 20.6 Å². The second-order valence-corrected chi connectivity index (χ2v) is 8.70. The molecule has 2 heterocycles. The Kier molecular flexibility index (Phi) is 9.09. The number of aliphatic carboxylic acids is 1. The van der Waals surface area contributed by atoms with Crippen molar-refractivity contribution < 1.29 is 38.7 Å². The third-order valence-corrected chi connectivity index (χ3v) is 5.37. The van der Waals surface area contributed by atoms with E-state index in [9.17, 15) is 24.3 Å². The molecular weight excluding hydrogens is 471 g/mol. The molecule has 0 bridgehead atoms. The number of nitrogens with zero attached hydrogens (tertiary/aromatic N) is 2. The summed E-state index contributed by atoms with van der Waals surface area (Å²) in [6.45, 7) is 3.74. The second-order valence-electron chi connectivity index (χ2n) is 8.70. The highest BCUT2D eigenvalue weighted by Crippen LogP contribution is 2.20. The van der Waals surface area contributed by atoms with Crippen molar-refractivity contribution in [3.63, 3.8) is 0 Å². The molecule has 4 N–H and O–H groups in total. The first-order chi connectivity index (χ1) is 17.2. The first kappa shape index (κ1) is 26.8. The van der Waals surface area contributed by atoms with Crippen molar-refractivity contribution in [3.8, 4) is 0 Å². The molecule has 0 aliphatic carbocycles. The van der Waals surface area contributed by atoms with Crippen LogP contribution in [0.15, 0.2) is 48.9 Å². The number of amides is 2. The molecule has 1 aliphatic heterocycles. The lowest BCUT2D eigenvalue weighted by Gasteiger charge is -2.25. The summed E-state index contributed by atoms with van der Waals surface area (Å²) in [6, 6.07) is 8.00. The lowest BCUT2D eigenvalue weighted by Crippen LogP contribution is -2.55. The number of carboxylic acid groups (broad SMARTS) is 1. The third kappa shape index (κ3) is 7.09. The van der Waals surface area contributed by atoms with Gasteiger partial charge in [0, 0.05) is 18.8 Å². The number of aliphatic hydroxyl groups is 1. The Balaban J connectivity index is 1.79. The Morgan fingerprint density at radius 2 is 1.86 bits per heavy atom. The molecule has 190 valence electrons. The lowest BCUT2D eigenvalue weighted by molar-refractivity contribution is -0.157. The number of rotatable bonds is 11. The Morgan fingerprint density at radius 3 is 2.47 bits per heavy atom. The standard InChI is InChI=1S/C23H27BN4O8/c1-13(2)10-17(24-35-19(23(34)36-24)18(29)22(32)33)28-20(30)15(11-14-6-4-3-5-7-14)27-21(31)16-12-25-8-9-26-16/h3-9,12-13,15,17-19,29H,10-11H2,1-2H3,(H,27,31)(H,28,30)(H,32,33)/t15?,17-,18-,19?/m0/s1. The maximum Gasteiger partial charge on any atom is 0.552 e. The maximum absolute atomic E-state index is 13.4.